The number of aromatic nitrogens is 1. The fourth-order valence-corrected chi connectivity index (χ4v) is 6.46. The zero-order valence-electron chi connectivity index (χ0n) is 19.1. The molecule has 1 aliphatic heterocycles. The molecule has 176 valence electrons. The molecule has 2 aliphatic rings. The predicted molar refractivity (Wildman–Crippen MR) is 137 cm³/mol. The van der Waals surface area contributed by atoms with E-state index in [4.69, 9.17) is 12.2 Å². The zero-order chi connectivity index (χ0) is 24.9. The van der Waals surface area contributed by atoms with Gasteiger partial charge in [0.25, 0.3) is 11.8 Å². The SMILES string of the molecule is Cc1cc(/C=C2\C(=O)NC(=S)N(c3ccccc3F)C2=O)c(C)n1-c1sc2c(c1C#N)CCCC2. The van der Waals surface area contributed by atoms with Gasteiger partial charge in [0.2, 0.25) is 0 Å². The second-order valence-electron chi connectivity index (χ2n) is 8.57. The lowest BCUT2D eigenvalue weighted by atomic mass is 9.96. The Morgan fingerprint density at radius 2 is 1.94 bits per heavy atom. The van der Waals surface area contributed by atoms with Crippen molar-refractivity contribution < 1.29 is 14.0 Å². The molecule has 1 aliphatic carbocycles. The number of nitriles is 1. The average Bonchev–Trinajstić information content (AvgIpc) is 3.33. The van der Waals surface area contributed by atoms with Crippen LogP contribution in [0.25, 0.3) is 11.1 Å². The number of amides is 2. The summed E-state index contributed by atoms with van der Waals surface area (Å²) in [5.74, 6) is -1.96. The molecular weight excluding hydrogens is 483 g/mol. The van der Waals surface area contributed by atoms with E-state index in [-0.39, 0.29) is 16.4 Å². The van der Waals surface area contributed by atoms with Crippen LogP contribution < -0.4 is 10.2 Å². The van der Waals surface area contributed by atoms with Crippen LogP contribution in [-0.2, 0) is 22.4 Å². The van der Waals surface area contributed by atoms with Crippen molar-refractivity contribution in [2.75, 3.05) is 4.90 Å². The van der Waals surface area contributed by atoms with E-state index in [1.54, 1.807) is 17.4 Å². The van der Waals surface area contributed by atoms with Gasteiger partial charge in [-0.1, -0.05) is 12.1 Å². The number of halogens is 1. The number of benzene rings is 1. The quantitative estimate of drug-likeness (QED) is 0.313. The second-order valence-corrected chi connectivity index (χ2v) is 10.0. The molecule has 5 rings (SSSR count). The number of anilines is 1. The van der Waals surface area contributed by atoms with Crippen LogP contribution in [0.4, 0.5) is 10.1 Å². The van der Waals surface area contributed by atoms with Crippen molar-refractivity contribution in [2.24, 2.45) is 0 Å². The maximum absolute atomic E-state index is 14.4. The van der Waals surface area contributed by atoms with E-state index < -0.39 is 17.6 Å². The Bertz CT molecular complexity index is 1490. The first kappa shape index (κ1) is 23.1. The Hall–Kier alpha value is -3.61. The largest absolute Gasteiger partial charge is 0.308 e. The summed E-state index contributed by atoms with van der Waals surface area (Å²) >= 11 is 6.81. The number of rotatable bonds is 3. The highest BCUT2D eigenvalue weighted by molar-refractivity contribution is 7.80. The third-order valence-electron chi connectivity index (χ3n) is 6.43. The van der Waals surface area contributed by atoms with Gasteiger partial charge in [0.05, 0.1) is 11.3 Å². The van der Waals surface area contributed by atoms with Gasteiger partial charge in [-0.2, -0.15) is 5.26 Å². The highest BCUT2D eigenvalue weighted by atomic mass is 32.1. The first-order valence-corrected chi connectivity index (χ1v) is 12.4. The summed E-state index contributed by atoms with van der Waals surface area (Å²) < 4.78 is 16.4. The van der Waals surface area contributed by atoms with Crippen LogP contribution in [-0.4, -0.2) is 21.5 Å². The maximum Gasteiger partial charge on any atom is 0.270 e. The molecule has 6 nitrogen and oxygen atoms in total. The molecule has 2 amide bonds. The standard InChI is InChI=1S/C26H21FN4O2S2/c1-14-11-16(15(2)30(14)25-19(13-28)17-7-3-6-10-22(17)35-25)12-18-23(32)29-26(34)31(24(18)33)21-9-5-4-8-20(21)27/h4-5,8-9,11-12H,3,6-7,10H2,1-2H3,(H,29,32,34)/b18-12+. The normalized spacial score (nSPS) is 16.9. The zero-order valence-corrected chi connectivity index (χ0v) is 20.8. The number of hydrogen-bond donors (Lipinski definition) is 1. The summed E-state index contributed by atoms with van der Waals surface area (Å²) in [5.41, 5.74) is 4.02. The fourth-order valence-electron chi connectivity index (χ4n) is 4.74. The molecule has 1 N–H and O–H groups in total. The van der Waals surface area contributed by atoms with E-state index in [1.807, 2.05) is 24.5 Å². The lowest BCUT2D eigenvalue weighted by Gasteiger charge is -2.29. The maximum atomic E-state index is 14.4. The summed E-state index contributed by atoms with van der Waals surface area (Å²) in [6.07, 6.45) is 5.59. The van der Waals surface area contributed by atoms with E-state index in [1.165, 1.54) is 29.2 Å². The van der Waals surface area contributed by atoms with Gasteiger partial charge < -0.3 is 4.57 Å². The van der Waals surface area contributed by atoms with Crippen LogP contribution in [0.1, 0.15) is 45.8 Å². The van der Waals surface area contributed by atoms with Crippen LogP contribution in [0.3, 0.4) is 0 Å². The summed E-state index contributed by atoms with van der Waals surface area (Å²) in [5, 5.41) is 13.1. The summed E-state index contributed by atoms with van der Waals surface area (Å²) in [7, 11) is 0. The van der Waals surface area contributed by atoms with E-state index >= 15 is 0 Å². The van der Waals surface area contributed by atoms with Crippen molar-refractivity contribution in [2.45, 2.75) is 39.5 Å². The van der Waals surface area contributed by atoms with Crippen molar-refractivity contribution in [3.63, 3.8) is 0 Å². The Morgan fingerprint density at radius 1 is 1.20 bits per heavy atom. The number of fused-ring (bicyclic) bond motifs is 1. The molecule has 1 fully saturated rings. The number of thiophene rings is 1. The number of nitrogens with one attached hydrogen (secondary N) is 1. The van der Waals surface area contributed by atoms with E-state index in [0.29, 0.717) is 11.1 Å². The Morgan fingerprint density at radius 3 is 2.69 bits per heavy atom. The molecule has 3 aromatic rings. The van der Waals surface area contributed by atoms with Crippen molar-refractivity contribution in [3.05, 3.63) is 74.7 Å². The van der Waals surface area contributed by atoms with Gasteiger partial charge in [0.15, 0.2) is 5.11 Å². The molecule has 0 spiro atoms. The first-order valence-electron chi connectivity index (χ1n) is 11.2. The topological polar surface area (TPSA) is 78.1 Å². The minimum atomic E-state index is -0.696. The first-order chi connectivity index (χ1) is 16.8. The van der Waals surface area contributed by atoms with Crippen molar-refractivity contribution in [3.8, 4) is 11.1 Å². The molecule has 3 heterocycles. The van der Waals surface area contributed by atoms with Crippen LogP contribution >= 0.6 is 23.6 Å². The molecule has 0 saturated carbocycles. The van der Waals surface area contributed by atoms with E-state index in [0.717, 1.165) is 52.5 Å². The lowest BCUT2D eigenvalue weighted by Crippen LogP contribution is -2.54. The summed E-state index contributed by atoms with van der Waals surface area (Å²) in [6, 6.07) is 10.0. The van der Waals surface area contributed by atoms with Crippen LogP contribution in [0, 0.1) is 31.0 Å². The van der Waals surface area contributed by atoms with Crippen molar-refractivity contribution in [1.29, 1.82) is 5.26 Å². The van der Waals surface area contributed by atoms with Gasteiger partial charge >= 0.3 is 0 Å². The van der Waals surface area contributed by atoms with Gasteiger partial charge in [0.1, 0.15) is 22.5 Å². The Balaban J connectivity index is 1.59. The minimum absolute atomic E-state index is 0.0262. The fraction of sp³-hybridized carbons (Fsp3) is 0.231. The minimum Gasteiger partial charge on any atom is -0.308 e. The molecule has 2 aromatic heterocycles. The number of aryl methyl sites for hydroxylation is 2. The van der Waals surface area contributed by atoms with Gasteiger partial charge in [-0.25, -0.2) is 9.29 Å². The van der Waals surface area contributed by atoms with E-state index in [2.05, 4.69) is 11.4 Å². The molecule has 0 atom stereocenters. The highest BCUT2D eigenvalue weighted by Crippen LogP contribution is 2.38. The van der Waals surface area contributed by atoms with Crippen LogP contribution in [0.5, 0.6) is 0 Å². The Kier molecular flexibility index (Phi) is 5.87. The van der Waals surface area contributed by atoms with Crippen molar-refractivity contribution >= 4 is 52.2 Å². The average molecular weight is 505 g/mol. The summed E-state index contributed by atoms with van der Waals surface area (Å²) in [6.45, 7) is 3.82. The third-order valence-corrected chi connectivity index (χ3v) is 7.99. The lowest BCUT2D eigenvalue weighted by molar-refractivity contribution is -0.122. The van der Waals surface area contributed by atoms with E-state index in [9.17, 15) is 19.2 Å². The smallest absolute Gasteiger partial charge is 0.270 e. The molecule has 9 heteroatoms. The second kappa shape index (κ2) is 8.87. The molecule has 1 saturated heterocycles. The van der Waals surface area contributed by atoms with Crippen LogP contribution in [0.2, 0.25) is 0 Å². The van der Waals surface area contributed by atoms with Crippen molar-refractivity contribution in [1.82, 2.24) is 9.88 Å². The van der Waals surface area contributed by atoms with Gasteiger partial charge in [-0.15, -0.1) is 11.3 Å². The molecule has 1 aromatic carbocycles. The predicted octanol–water partition coefficient (Wildman–Crippen LogP) is 4.88. The number of hydrogen-bond acceptors (Lipinski definition) is 5. The third kappa shape index (κ3) is 3.79. The molecule has 0 radical (unpaired) electrons. The number of thiocarbonyl (C=S) groups is 1. The van der Waals surface area contributed by atoms with Gasteiger partial charge in [0, 0.05) is 16.3 Å². The number of carbonyl (C=O) groups is 2. The van der Waals surface area contributed by atoms with Gasteiger partial charge in [-0.3, -0.25) is 14.9 Å². The molecule has 0 bridgehead atoms. The number of nitrogens with zero attached hydrogens (tertiary/aromatic N) is 3. The monoisotopic (exact) mass is 504 g/mol. The van der Waals surface area contributed by atoms with Crippen LogP contribution in [0.15, 0.2) is 35.9 Å². The number of para-hydroxylation sites is 1. The molecular formula is C26H21FN4O2S2. The highest BCUT2D eigenvalue weighted by Gasteiger charge is 2.36. The number of carbonyl (C=O) groups excluding carboxylic acids is 2. The summed E-state index contributed by atoms with van der Waals surface area (Å²) in [4.78, 5) is 28.3. The Labute approximate surface area is 211 Å². The van der Waals surface area contributed by atoms with Gasteiger partial charge in [-0.05, 0) is 87.2 Å². The molecule has 0 unspecified atom stereocenters. The molecule has 35 heavy (non-hydrogen) atoms.